The summed E-state index contributed by atoms with van der Waals surface area (Å²) in [7, 11) is 0. The normalized spacial score (nSPS) is 12.5. The van der Waals surface area contributed by atoms with Crippen molar-refractivity contribution in [3.63, 3.8) is 0 Å². The number of benzene rings is 7. The van der Waals surface area contributed by atoms with Gasteiger partial charge in [0.15, 0.2) is 5.65 Å². The van der Waals surface area contributed by atoms with Crippen molar-refractivity contribution in [2.75, 3.05) is 0 Å². The molecule has 12 aromatic rings. The van der Waals surface area contributed by atoms with Crippen LogP contribution in [0.3, 0.4) is 0 Å². The number of fused-ring (bicyclic) bond motifs is 14. The second-order valence-corrected chi connectivity index (χ2v) is 13.0. The van der Waals surface area contributed by atoms with Gasteiger partial charge in [0, 0.05) is 49.1 Å². The van der Waals surface area contributed by atoms with E-state index in [1.165, 1.54) is 59.9 Å². The highest BCUT2D eigenvalue weighted by Crippen LogP contribution is 2.45. The Morgan fingerprint density at radius 1 is 0.367 bits per heavy atom. The Hall–Kier alpha value is -6.72. The van der Waals surface area contributed by atoms with Crippen molar-refractivity contribution in [2.24, 2.45) is 0 Å². The first kappa shape index (κ1) is 25.4. The molecule has 49 heavy (non-hydrogen) atoms. The van der Waals surface area contributed by atoms with Gasteiger partial charge in [-0.1, -0.05) is 91.0 Å². The fraction of sp³-hybridized carbons (Fsp3) is 0. The lowest BCUT2D eigenvalue weighted by Crippen LogP contribution is -1.96. The Balaban J connectivity index is 1.22. The molecule has 0 saturated carbocycles. The summed E-state index contributed by atoms with van der Waals surface area (Å²) < 4.78 is 7.17. The predicted octanol–water partition coefficient (Wildman–Crippen LogP) is 11.0. The molecule has 226 valence electrons. The molecule has 0 amide bonds. The first-order valence-electron chi connectivity index (χ1n) is 16.7. The van der Waals surface area contributed by atoms with Gasteiger partial charge < -0.3 is 9.13 Å². The summed E-state index contributed by atoms with van der Waals surface area (Å²) in [5.74, 6) is 0. The van der Waals surface area contributed by atoms with Gasteiger partial charge in [0.05, 0.1) is 44.1 Å². The zero-order valence-electron chi connectivity index (χ0n) is 26.2. The van der Waals surface area contributed by atoms with E-state index in [1.54, 1.807) is 0 Å². The SMILES string of the molecule is c1ccc(-n2c3ccccc3c3ccc(-n4c5ccccc5c5c6c7cccc8c9nc%10ccccc%10nc9n(c6ccc54)c87)cc32)cc1. The van der Waals surface area contributed by atoms with Crippen molar-refractivity contribution in [1.29, 1.82) is 0 Å². The molecule has 0 unspecified atom stereocenters. The molecule has 5 aromatic heterocycles. The molecule has 0 saturated heterocycles. The molecule has 5 heterocycles. The number of hydrogen-bond acceptors (Lipinski definition) is 2. The summed E-state index contributed by atoms with van der Waals surface area (Å²) in [6.45, 7) is 0. The van der Waals surface area contributed by atoms with Crippen LogP contribution in [0.25, 0.3) is 104 Å². The van der Waals surface area contributed by atoms with Gasteiger partial charge in [0.1, 0.15) is 5.52 Å². The number of hydrogen-bond donors (Lipinski definition) is 0. The van der Waals surface area contributed by atoms with Crippen LogP contribution < -0.4 is 0 Å². The highest BCUT2D eigenvalue weighted by atomic mass is 15.0. The minimum atomic E-state index is 0.905. The molecule has 0 bridgehead atoms. The summed E-state index contributed by atoms with van der Waals surface area (Å²) in [5, 5.41) is 8.62. The van der Waals surface area contributed by atoms with E-state index in [9.17, 15) is 0 Å². The number of para-hydroxylation sites is 6. The average Bonchev–Trinajstić information content (AvgIpc) is 3.88. The molecule has 0 radical (unpaired) electrons. The molecule has 12 rings (SSSR count). The molecule has 0 aliphatic carbocycles. The van der Waals surface area contributed by atoms with E-state index in [2.05, 4.69) is 141 Å². The average molecular weight is 624 g/mol. The molecule has 5 nitrogen and oxygen atoms in total. The summed E-state index contributed by atoms with van der Waals surface area (Å²) in [4.78, 5) is 10.3. The highest BCUT2D eigenvalue weighted by molar-refractivity contribution is 6.32. The van der Waals surface area contributed by atoms with Crippen LogP contribution in [0.1, 0.15) is 0 Å². The van der Waals surface area contributed by atoms with Gasteiger partial charge in [-0.2, -0.15) is 0 Å². The Bertz CT molecular complexity index is 3330. The van der Waals surface area contributed by atoms with Gasteiger partial charge in [-0.3, -0.25) is 4.40 Å². The second-order valence-electron chi connectivity index (χ2n) is 13.0. The number of nitrogens with zero attached hydrogens (tertiary/aromatic N) is 5. The molecule has 5 heteroatoms. The first-order chi connectivity index (χ1) is 24.3. The molecule has 0 fully saturated rings. The standard InChI is InChI=1S/C44H25N5/c1-2-11-26(12-3-1)47-35-19-8-4-13-28(35)29-22-21-27(25-39(29)47)48-36-20-9-5-14-30(36)40-37(48)23-24-38-41(40)31-15-10-16-32-42-44(49(38)43(31)32)46-34-18-7-6-17-33(34)45-42/h1-25H. The van der Waals surface area contributed by atoms with Crippen molar-refractivity contribution >= 4 is 93.0 Å². The number of rotatable bonds is 2. The fourth-order valence-corrected chi connectivity index (χ4v) is 8.58. The van der Waals surface area contributed by atoms with Crippen LogP contribution in [0, 0.1) is 0 Å². The van der Waals surface area contributed by atoms with Gasteiger partial charge in [-0.25, -0.2) is 9.97 Å². The second kappa shape index (κ2) is 9.00. The molecule has 0 atom stereocenters. The Kier molecular flexibility index (Phi) is 4.66. The van der Waals surface area contributed by atoms with E-state index in [4.69, 9.17) is 9.97 Å². The topological polar surface area (TPSA) is 40.0 Å². The van der Waals surface area contributed by atoms with Crippen LogP contribution in [0.2, 0.25) is 0 Å². The first-order valence-corrected chi connectivity index (χ1v) is 16.7. The molecular weight excluding hydrogens is 599 g/mol. The maximum absolute atomic E-state index is 5.19. The minimum Gasteiger partial charge on any atom is -0.309 e. The fourth-order valence-electron chi connectivity index (χ4n) is 8.58. The summed E-state index contributed by atoms with van der Waals surface area (Å²) in [5.41, 5.74) is 13.1. The quantitative estimate of drug-likeness (QED) is 0.192. The minimum absolute atomic E-state index is 0.905. The van der Waals surface area contributed by atoms with Crippen LogP contribution in [-0.2, 0) is 0 Å². The van der Waals surface area contributed by atoms with Crippen molar-refractivity contribution < 1.29 is 0 Å². The smallest absolute Gasteiger partial charge is 0.165 e. The van der Waals surface area contributed by atoms with Crippen molar-refractivity contribution in [1.82, 2.24) is 23.5 Å². The molecule has 0 spiro atoms. The molecule has 0 aliphatic heterocycles. The van der Waals surface area contributed by atoms with Crippen molar-refractivity contribution in [3.8, 4) is 11.4 Å². The van der Waals surface area contributed by atoms with E-state index in [0.717, 1.165) is 44.5 Å². The number of aromatic nitrogens is 5. The Labute approximate surface area is 278 Å². The predicted molar refractivity (Wildman–Crippen MR) is 203 cm³/mol. The Morgan fingerprint density at radius 3 is 1.84 bits per heavy atom. The molecule has 7 aromatic carbocycles. The van der Waals surface area contributed by atoms with E-state index in [1.807, 2.05) is 24.3 Å². The van der Waals surface area contributed by atoms with E-state index in [-0.39, 0.29) is 0 Å². The van der Waals surface area contributed by atoms with Gasteiger partial charge in [0.2, 0.25) is 0 Å². The summed E-state index contributed by atoms with van der Waals surface area (Å²) in [6.07, 6.45) is 0. The van der Waals surface area contributed by atoms with Crippen LogP contribution in [-0.4, -0.2) is 23.5 Å². The zero-order valence-corrected chi connectivity index (χ0v) is 26.2. The van der Waals surface area contributed by atoms with Crippen molar-refractivity contribution in [3.05, 3.63) is 152 Å². The third-order valence-corrected chi connectivity index (χ3v) is 10.5. The maximum atomic E-state index is 5.19. The van der Waals surface area contributed by atoms with Crippen LogP contribution >= 0.6 is 0 Å². The van der Waals surface area contributed by atoms with Gasteiger partial charge in [-0.15, -0.1) is 0 Å². The van der Waals surface area contributed by atoms with Gasteiger partial charge >= 0.3 is 0 Å². The van der Waals surface area contributed by atoms with Gasteiger partial charge in [-0.05, 0) is 60.7 Å². The largest absolute Gasteiger partial charge is 0.309 e. The Morgan fingerprint density at radius 2 is 0.980 bits per heavy atom. The van der Waals surface area contributed by atoms with Crippen LogP contribution in [0.4, 0.5) is 0 Å². The summed E-state index contributed by atoms with van der Waals surface area (Å²) in [6, 6.07) is 54.5. The third-order valence-electron chi connectivity index (χ3n) is 10.5. The van der Waals surface area contributed by atoms with E-state index < -0.39 is 0 Å². The third kappa shape index (κ3) is 3.15. The van der Waals surface area contributed by atoms with Gasteiger partial charge in [0.25, 0.3) is 0 Å². The zero-order chi connectivity index (χ0) is 31.8. The van der Waals surface area contributed by atoms with E-state index >= 15 is 0 Å². The lowest BCUT2D eigenvalue weighted by molar-refractivity contribution is 1.15. The van der Waals surface area contributed by atoms with E-state index in [0.29, 0.717) is 0 Å². The highest BCUT2D eigenvalue weighted by Gasteiger charge is 2.24. The molecular formula is C44H25N5. The summed E-state index contributed by atoms with van der Waals surface area (Å²) >= 11 is 0. The maximum Gasteiger partial charge on any atom is 0.165 e. The van der Waals surface area contributed by atoms with Crippen molar-refractivity contribution in [2.45, 2.75) is 0 Å². The van der Waals surface area contributed by atoms with Crippen LogP contribution in [0.5, 0.6) is 0 Å². The van der Waals surface area contributed by atoms with Crippen LogP contribution in [0.15, 0.2) is 152 Å². The lowest BCUT2D eigenvalue weighted by atomic mass is 10.0. The lowest BCUT2D eigenvalue weighted by Gasteiger charge is -2.11. The molecule has 0 aliphatic rings. The molecule has 0 N–H and O–H groups in total. The monoisotopic (exact) mass is 623 g/mol.